The number of nitrogens with zero attached hydrogens (tertiary/aromatic N) is 2. The number of hydrogen-bond acceptors (Lipinski definition) is 3. The molecule has 0 spiro atoms. The van der Waals surface area contributed by atoms with E-state index in [4.69, 9.17) is 15.6 Å². The zero-order chi connectivity index (χ0) is 9.28. The van der Waals surface area contributed by atoms with Gasteiger partial charge in [0.05, 0.1) is 6.07 Å². The predicted octanol–water partition coefficient (Wildman–Crippen LogP) is 1.07. The standard InChI is InChI=1S/C5H5NO2.C2H3N/c1-2-4(3-6)5(7)8;1-2-3/h2H,1H3,(H,7,8);1H3. The molecule has 0 aliphatic rings. The third-order valence-corrected chi connectivity index (χ3v) is 0.640. The Morgan fingerprint density at radius 3 is 1.91 bits per heavy atom. The average Bonchev–Trinajstić information content (AvgIpc) is 1.91. The number of rotatable bonds is 1. The molecule has 0 aromatic rings. The van der Waals surface area contributed by atoms with E-state index in [1.54, 1.807) is 6.07 Å². The highest BCUT2D eigenvalue weighted by Crippen LogP contribution is 1.88. The van der Waals surface area contributed by atoms with E-state index in [1.165, 1.54) is 26.0 Å². The highest BCUT2D eigenvalue weighted by atomic mass is 16.4. The lowest BCUT2D eigenvalue weighted by Crippen LogP contribution is -1.96. The number of hydrogen-bond donors (Lipinski definition) is 1. The van der Waals surface area contributed by atoms with E-state index in [0.717, 1.165) is 0 Å². The first-order chi connectivity index (χ1) is 5.13. The van der Waals surface area contributed by atoms with Crippen LogP contribution in [0.1, 0.15) is 13.8 Å². The predicted molar refractivity (Wildman–Crippen MR) is 38.3 cm³/mol. The Kier molecular flexibility index (Phi) is 8.88. The Bertz CT molecular complexity index is 230. The van der Waals surface area contributed by atoms with Crippen molar-refractivity contribution in [3.8, 4) is 12.1 Å². The summed E-state index contributed by atoms with van der Waals surface area (Å²) >= 11 is 0. The summed E-state index contributed by atoms with van der Waals surface area (Å²) in [7, 11) is 0. The summed E-state index contributed by atoms with van der Waals surface area (Å²) in [5, 5.41) is 23.4. The van der Waals surface area contributed by atoms with Crippen molar-refractivity contribution in [2.45, 2.75) is 13.8 Å². The van der Waals surface area contributed by atoms with Crippen LogP contribution in [0.25, 0.3) is 0 Å². The molecule has 0 bridgehead atoms. The number of carboxylic acids is 1. The number of allylic oxidation sites excluding steroid dienone is 1. The van der Waals surface area contributed by atoms with E-state index < -0.39 is 5.97 Å². The van der Waals surface area contributed by atoms with Crippen LogP contribution in [0.15, 0.2) is 11.6 Å². The summed E-state index contributed by atoms with van der Waals surface area (Å²) in [6.45, 7) is 2.94. The van der Waals surface area contributed by atoms with Crippen molar-refractivity contribution in [1.82, 2.24) is 0 Å². The van der Waals surface area contributed by atoms with Crippen LogP contribution < -0.4 is 0 Å². The van der Waals surface area contributed by atoms with Gasteiger partial charge < -0.3 is 5.11 Å². The first-order valence-corrected chi connectivity index (χ1v) is 2.74. The lowest BCUT2D eigenvalue weighted by Gasteiger charge is -1.80. The van der Waals surface area contributed by atoms with Crippen molar-refractivity contribution >= 4 is 5.97 Å². The SMILES string of the molecule is CC#N.CC=C(C#N)C(=O)O. The molecule has 4 heteroatoms. The number of aliphatic carboxylic acids is 1. The minimum atomic E-state index is -1.17. The maximum Gasteiger partial charge on any atom is 0.346 e. The second-order valence-corrected chi connectivity index (χ2v) is 1.34. The molecule has 0 aromatic carbocycles. The molecule has 0 radical (unpaired) electrons. The summed E-state index contributed by atoms with van der Waals surface area (Å²) in [4.78, 5) is 9.87. The van der Waals surface area contributed by atoms with Crippen LogP contribution in [-0.2, 0) is 4.79 Å². The van der Waals surface area contributed by atoms with Gasteiger partial charge in [-0.05, 0) is 6.92 Å². The zero-order valence-corrected chi connectivity index (χ0v) is 6.33. The fourth-order valence-corrected chi connectivity index (χ4v) is 0.236. The van der Waals surface area contributed by atoms with Crippen LogP contribution in [0.2, 0.25) is 0 Å². The highest BCUT2D eigenvalue weighted by Gasteiger charge is 2.00. The van der Waals surface area contributed by atoms with Gasteiger partial charge in [-0.25, -0.2) is 4.79 Å². The van der Waals surface area contributed by atoms with Crippen molar-refractivity contribution in [1.29, 1.82) is 10.5 Å². The van der Waals surface area contributed by atoms with Crippen molar-refractivity contribution in [3.63, 3.8) is 0 Å². The molecule has 0 atom stereocenters. The summed E-state index contributed by atoms with van der Waals surface area (Å²) in [6.07, 6.45) is 1.25. The van der Waals surface area contributed by atoms with Gasteiger partial charge in [-0.3, -0.25) is 0 Å². The van der Waals surface area contributed by atoms with E-state index in [9.17, 15) is 4.79 Å². The van der Waals surface area contributed by atoms with Crippen LogP contribution >= 0.6 is 0 Å². The Morgan fingerprint density at radius 1 is 1.55 bits per heavy atom. The van der Waals surface area contributed by atoms with Crippen molar-refractivity contribution in [2.24, 2.45) is 0 Å². The lowest BCUT2D eigenvalue weighted by atomic mass is 10.3. The molecular weight excluding hydrogens is 144 g/mol. The van der Waals surface area contributed by atoms with Gasteiger partial charge in [0.1, 0.15) is 11.6 Å². The molecule has 0 aromatic heterocycles. The molecule has 0 saturated carbocycles. The Labute approximate surface area is 65.0 Å². The molecule has 0 aliphatic carbocycles. The average molecular weight is 152 g/mol. The fraction of sp³-hybridized carbons (Fsp3) is 0.286. The van der Waals surface area contributed by atoms with Gasteiger partial charge in [-0.1, -0.05) is 6.08 Å². The fourth-order valence-electron chi connectivity index (χ4n) is 0.236. The molecule has 0 fully saturated rings. The summed E-state index contributed by atoms with van der Waals surface area (Å²) in [5.41, 5.74) is -0.218. The maximum atomic E-state index is 9.87. The van der Waals surface area contributed by atoms with Gasteiger partial charge in [0.2, 0.25) is 0 Å². The van der Waals surface area contributed by atoms with Crippen molar-refractivity contribution in [3.05, 3.63) is 11.6 Å². The van der Waals surface area contributed by atoms with Crippen LogP contribution in [0, 0.1) is 22.7 Å². The molecule has 0 rings (SSSR count). The Hall–Kier alpha value is -1.81. The van der Waals surface area contributed by atoms with Crippen LogP contribution in [-0.4, -0.2) is 11.1 Å². The quantitative estimate of drug-likeness (QED) is 0.449. The summed E-state index contributed by atoms with van der Waals surface area (Å²) < 4.78 is 0. The van der Waals surface area contributed by atoms with Crippen molar-refractivity contribution in [2.75, 3.05) is 0 Å². The van der Waals surface area contributed by atoms with Gasteiger partial charge >= 0.3 is 5.97 Å². The van der Waals surface area contributed by atoms with Crippen LogP contribution in [0.5, 0.6) is 0 Å². The molecule has 1 N–H and O–H groups in total. The lowest BCUT2D eigenvalue weighted by molar-refractivity contribution is -0.132. The Morgan fingerprint density at radius 2 is 1.91 bits per heavy atom. The molecule has 0 unspecified atom stereocenters. The first-order valence-electron chi connectivity index (χ1n) is 2.74. The van der Waals surface area contributed by atoms with Gasteiger partial charge in [0.25, 0.3) is 0 Å². The van der Waals surface area contributed by atoms with E-state index >= 15 is 0 Å². The first kappa shape index (κ1) is 11.9. The number of carboxylic acid groups (broad SMARTS) is 1. The van der Waals surface area contributed by atoms with E-state index in [-0.39, 0.29) is 5.57 Å². The second-order valence-electron chi connectivity index (χ2n) is 1.34. The third kappa shape index (κ3) is 8.19. The van der Waals surface area contributed by atoms with Gasteiger partial charge in [0.15, 0.2) is 0 Å². The molecule has 0 aliphatic heterocycles. The largest absolute Gasteiger partial charge is 0.477 e. The molecule has 58 valence electrons. The maximum absolute atomic E-state index is 9.87. The van der Waals surface area contributed by atoms with Gasteiger partial charge in [-0.15, -0.1) is 0 Å². The molecule has 4 nitrogen and oxygen atoms in total. The minimum Gasteiger partial charge on any atom is -0.477 e. The minimum absolute atomic E-state index is 0.218. The second kappa shape index (κ2) is 8.19. The van der Waals surface area contributed by atoms with Crippen LogP contribution in [0.3, 0.4) is 0 Å². The number of carbonyl (C=O) groups is 1. The molecule has 0 amide bonds. The van der Waals surface area contributed by atoms with Gasteiger partial charge in [0, 0.05) is 6.92 Å². The zero-order valence-electron chi connectivity index (χ0n) is 6.33. The normalized spacial score (nSPS) is 8.18. The monoisotopic (exact) mass is 152 g/mol. The van der Waals surface area contributed by atoms with E-state index in [2.05, 4.69) is 0 Å². The summed E-state index contributed by atoms with van der Waals surface area (Å²) in [5.74, 6) is -1.17. The summed E-state index contributed by atoms with van der Waals surface area (Å²) in [6, 6.07) is 3.26. The molecule has 0 saturated heterocycles. The smallest absolute Gasteiger partial charge is 0.346 e. The molecule has 0 heterocycles. The number of nitriles is 2. The van der Waals surface area contributed by atoms with Crippen LogP contribution in [0.4, 0.5) is 0 Å². The topological polar surface area (TPSA) is 84.9 Å². The van der Waals surface area contributed by atoms with Crippen molar-refractivity contribution < 1.29 is 9.90 Å². The Balaban J connectivity index is 0. The highest BCUT2D eigenvalue weighted by molar-refractivity contribution is 5.90. The molecular formula is C7H8N2O2. The molecule has 11 heavy (non-hydrogen) atoms. The third-order valence-electron chi connectivity index (χ3n) is 0.640. The van der Waals surface area contributed by atoms with E-state index in [1.807, 2.05) is 0 Å². The van der Waals surface area contributed by atoms with E-state index in [0.29, 0.717) is 0 Å². The van der Waals surface area contributed by atoms with Gasteiger partial charge in [-0.2, -0.15) is 10.5 Å².